The third kappa shape index (κ3) is 5.15. The molecular formula is C31H28N8O3. The van der Waals surface area contributed by atoms with Crippen LogP contribution in [-0.4, -0.2) is 45.6 Å². The van der Waals surface area contributed by atoms with Gasteiger partial charge in [-0.3, -0.25) is 15.1 Å². The predicted molar refractivity (Wildman–Crippen MR) is 164 cm³/mol. The molecule has 3 aromatic carbocycles. The molecule has 11 nitrogen and oxygen atoms in total. The smallest absolute Gasteiger partial charge is 0.324 e. The number of dihydropyridines is 1. The lowest BCUT2D eigenvalue weighted by Gasteiger charge is -2.19. The SMILES string of the molecule is CC(C)(C)c1cc(NC(=O)Nc2ccc(OC3=CCN=C4N=C(N)C(=O)N=C34)c3ccccc23)n(-c2ccccc2)n1. The second-order valence-corrected chi connectivity index (χ2v) is 10.7. The van der Waals surface area contributed by atoms with Gasteiger partial charge in [-0.15, -0.1) is 0 Å². The van der Waals surface area contributed by atoms with Crippen molar-refractivity contribution in [2.24, 2.45) is 20.7 Å². The molecule has 0 aliphatic carbocycles. The minimum Gasteiger partial charge on any atom is -0.455 e. The van der Waals surface area contributed by atoms with Crippen molar-refractivity contribution in [3.8, 4) is 11.4 Å². The summed E-state index contributed by atoms with van der Waals surface area (Å²) in [5, 5.41) is 12.2. The van der Waals surface area contributed by atoms with Crippen LogP contribution in [0.4, 0.5) is 16.3 Å². The molecular weight excluding hydrogens is 532 g/mol. The summed E-state index contributed by atoms with van der Waals surface area (Å²) in [6.07, 6.45) is 1.72. The summed E-state index contributed by atoms with van der Waals surface area (Å²) < 4.78 is 7.95. The normalized spacial score (nSPS) is 14.8. The van der Waals surface area contributed by atoms with Crippen molar-refractivity contribution < 1.29 is 14.3 Å². The van der Waals surface area contributed by atoms with Crippen molar-refractivity contribution in [1.29, 1.82) is 0 Å². The number of aliphatic imine (C=N–C) groups is 3. The maximum atomic E-state index is 13.3. The fourth-order valence-electron chi connectivity index (χ4n) is 4.56. The van der Waals surface area contributed by atoms with E-state index in [9.17, 15) is 9.59 Å². The van der Waals surface area contributed by atoms with Crippen molar-refractivity contribution in [3.63, 3.8) is 0 Å². The monoisotopic (exact) mass is 560 g/mol. The Morgan fingerprint density at radius 2 is 1.69 bits per heavy atom. The number of amides is 3. The van der Waals surface area contributed by atoms with Crippen LogP contribution in [-0.2, 0) is 10.2 Å². The molecule has 3 amide bonds. The highest BCUT2D eigenvalue weighted by atomic mass is 16.5. The van der Waals surface area contributed by atoms with Gasteiger partial charge >= 0.3 is 11.9 Å². The van der Waals surface area contributed by atoms with Crippen molar-refractivity contribution in [3.05, 3.63) is 90.3 Å². The molecule has 0 atom stereocenters. The van der Waals surface area contributed by atoms with Crippen molar-refractivity contribution in [1.82, 2.24) is 9.78 Å². The predicted octanol–water partition coefficient (Wildman–Crippen LogP) is 4.98. The van der Waals surface area contributed by atoms with E-state index in [0.717, 1.165) is 22.2 Å². The molecule has 42 heavy (non-hydrogen) atoms. The number of hydrogen-bond acceptors (Lipinski definition) is 7. The van der Waals surface area contributed by atoms with Crippen LogP contribution in [0.15, 0.2) is 99.6 Å². The molecule has 0 fully saturated rings. The highest BCUT2D eigenvalue weighted by molar-refractivity contribution is 6.58. The zero-order valence-electron chi connectivity index (χ0n) is 23.3. The summed E-state index contributed by atoms with van der Waals surface area (Å²) in [4.78, 5) is 37.7. The summed E-state index contributed by atoms with van der Waals surface area (Å²) in [6, 6.07) is 22.1. The van der Waals surface area contributed by atoms with Gasteiger partial charge in [-0.2, -0.15) is 10.1 Å². The highest BCUT2D eigenvalue weighted by Gasteiger charge is 2.27. The third-order valence-electron chi connectivity index (χ3n) is 6.69. The molecule has 4 aromatic rings. The number of benzene rings is 3. The number of anilines is 2. The van der Waals surface area contributed by atoms with Crippen LogP contribution in [0, 0.1) is 0 Å². The number of para-hydroxylation sites is 1. The van der Waals surface area contributed by atoms with Crippen LogP contribution < -0.4 is 21.1 Å². The molecule has 0 bridgehead atoms. The number of nitrogens with two attached hydrogens (primary N) is 1. The number of urea groups is 1. The van der Waals surface area contributed by atoms with Gasteiger partial charge in [0.25, 0.3) is 0 Å². The van der Waals surface area contributed by atoms with E-state index in [4.69, 9.17) is 15.6 Å². The first-order valence-corrected chi connectivity index (χ1v) is 13.3. The number of nitrogens with one attached hydrogen (secondary N) is 2. The lowest BCUT2D eigenvalue weighted by atomic mass is 9.92. The topological polar surface area (TPSA) is 148 Å². The quantitative estimate of drug-likeness (QED) is 0.315. The first-order valence-electron chi connectivity index (χ1n) is 13.3. The lowest BCUT2D eigenvalue weighted by Crippen LogP contribution is -2.35. The number of amidine groups is 2. The van der Waals surface area contributed by atoms with Gasteiger partial charge in [-0.1, -0.05) is 63.2 Å². The van der Waals surface area contributed by atoms with Crippen LogP contribution in [0.25, 0.3) is 16.5 Å². The fourth-order valence-corrected chi connectivity index (χ4v) is 4.56. The molecule has 2 aliphatic heterocycles. The minimum absolute atomic E-state index is 0.209. The molecule has 0 spiro atoms. The Labute approximate surface area is 241 Å². The van der Waals surface area contributed by atoms with Gasteiger partial charge in [0, 0.05) is 22.3 Å². The summed E-state index contributed by atoms with van der Waals surface area (Å²) in [7, 11) is 0. The molecule has 6 rings (SSSR count). The number of ether oxygens (including phenoxy) is 1. The molecule has 0 unspecified atom stereocenters. The van der Waals surface area contributed by atoms with Gasteiger partial charge in [-0.25, -0.2) is 14.5 Å². The van der Waals surface area contributed by atoms with Crippen molar-refractivity contribution in [2.75, 3.05) is 17.2 Å². The van der Waals surface area contributed by atoms with E-state index >= 15 is 0 Å². The maximum absolute atomic E-state index is 13.3. The molecule has 0 saturated carbocycles. The molecule has 3 heterocycles. The van der Waals surface area contributed by atoms with E-state index in [-0.39, 0.29) is 22.8 Å². The summed E-state index contributed by atoms with van der Waals surface area (Å²) in [5.74, 6) is 0.822. The molecule has 0 saturated heterocycles. The van der Waals surface area contributed by atoms with Crippen LogP contribution in [0.5, 0.6) is 5.75 Å². The number of carbonyl (C=O) groups is 2. The van der Waals surface area contributed by atoms with Gasteiger partial charge in [0.2, 0.25) is 0 Å². The van der Waals surface area contributed by atoms with E-state index in [1.54, 1.807) is 22.9 Å². The van der Waals surface area contributed by atoms with E-state index in [1.807, 2.05) is 60.7 Å². The Kier molecular flexibility index (Phi) is 6.62. The average Bonchev–Trinajstić information content (AvgIpc) is 3.40. The minimum atomic E-state index is -0.640. The first-order chi connectivity index (χ1) is 20.2. The van der Waals surface area contributed by atoms with E-state index in [0.29, 0.717) is 29.6 Å². The lowest BCUT2D eigenvalue weighted by molar-refractivity contribution is -0.111. The van der Waals surface area contributed by atoms with Crippen molar-refractivity contribution in [2.45, 2.75) is 26.2 Å². The van der Waals surface area contributed by atoms with Gasteiger partial charge in [0.15, 0.2) is 23.1 Å². The van der Waals surface area contributed by atoms with Gasteiger partial charge < -0.3 is 15.8 Å². The number of fused-ring (bicyclic) bond motifs is 2. The Hall–Kier alpha value is -5.58. The van der Waals surface area contributed by atoms with Crippen LogP contribution in [0.1, 0.15) is 26.5 Å². The Morgan fingerprint density at radius 1 is 0.952 bits per heavy atom. The van der Waals surface area contributed by atoms with E-state index in [2.05, 4.69) is 46.4 Å². The van der Waals surface area contributed by atoms with Crippen LogP contribution in [0.3, 0.4) is 0 Å². The molecule has 4 N–H and O–H groups in total. The molecule has 210 valence electrons. The Balaban J connectivity index is 1.27. The fraction of sp³-hybridized carbons (Fsp3) is 0.161. The Bertz CT molecular complexity index is 1860. The third-order valence-corrected chi connectivity index (χ3v) is 6.69. The largest absolute Gasteiger partial charge is 0.455 e. The first kappa shape index (κ1) is 26.6. The summed E-state index contributed by atoms with van der Waals surface area (Å²) in [5.41, 5.74) is 7.91. The van der Waals surface area contributed by atoms with Gasteiger partial charge in [0.1, 0.15) is 11.6 Å². The standard InChI is InChI=1S/C31H28N8O3/c1-31(2,3)24-17-25(39(38-24)18-9-5-4-6-10-18)35-30(41)34-21-13-14-22(20-12-8-7-11-19(20)21)42-23-15-16-33-28-26(23)36-29(40)27(32)37-28/h4-15,17H,16H2,1-3H3,(H2,32,33,37)(H2,34,35,41). The van der Waals surface area contributed by atoms with Crippen LogP contribution >= 0.6 is 0 Å². The second-order valence-electron chi connectivity index (χ2n) is 10.7. The number of aromatic nitrogens is 2. The number of nitrogens with zero attached hydrogens (tertiary/aromatic N) is 5. The highest BCUT2D eigenvalue weighted by Crippen LogP contribution is 2.34. The number of hydrogen-bond donors (Lipinski definition) is 3. The molecule has 11 heteroatoms. The number of rotatable bonds is 5. The Morgan fingerprint density at radius 3 is 2.45 bits per heavy atom. The maximum Gasteiger partial charge on any atom is 0.324 e. The molecule has 0 radical (unpaired) electrons. The van der Waals surface area contributed by atoms with Crippen molar-refractivity contribution >= 4 is 51.6 Å². The summed E-state index contributed by atoms with van der Waals surface area (Å²) >= 11 is 0. The zero-order valence-corrected chi connectivity index (χ0v) is 23.3. The van der Waals surface area contributed by atoms with Crippen LogP contribution in [0.2, 0.25) is 0 Å². The summed E-state index contributed by atoms with van der Waals surface area (Å²) in [6.45, 7) is 6.52. The zero-order chi connectivity index (χ0) is 29.4. The molecule has 1 aromatic heterocycles. The average molecular weight is 561 g/mol. The van der Waals surface area contributed by atoms with E-state index < -0.39 is 11.9 Å². The molecule has 2 aliphatic rings. The second kappa shape index (κ2) is 10.4. The van der Waals surface area contributed by atoms with Gasteiger partial charge in [0.05, 0.1) is 23.6 Å². The van der Waals surface area contributed by atoms with Gasteiger partial charge in [-0.05, 0) is 30.3 Å². The number of carbonyl (C=O) groups excluding carboxylic acids is 2. The van der Waals surface area contributed by atoms with E-state index in [1.165, 1.54) is 0 Å².